The molecule has 2 N–H and O–H groups in total. The van der Waals surface area contributed by atoms with E-state index < -0.39 is 0 Å². The molecule has 0 aliphatic heterocycles. The second-order valence-corrected chi connectivity index (χ2v) is 5.41. The minimum absolute atomic E-state index is 0.131. The lowest BCUT2D eigenvalue weighted by Gasteiger charge is -2.12. The van der Waals surface area contributed by atoms with Crippen LogP contribution in [-0.2, 0) is 12.8 Å². The fourth-order valence-electron chi connectivity index (χ4n) is 2.15. The van der Waals surface area contributed by atoms with E-state index >= 15 is 0 Å². The van der Waals surface area contributed by atoms with Crippen LogP contribution in [0, 0.1) is 6.92 Å². The summed E-state index contributed by atoms with van der Waals surface area (Å²) >= 11 is 1.78. The van der Waals surface area contributed by atoms with E-state index in [0.717, 1.165) is 12.8 Å². The van der Waals surface area contributed by atoms with E-state index in [0.29, 0.717) is 0 Å². The van der Waals surface area contributed by atoms with Gasteiger partial charge >= 0.3 is 0 Å². The zero-order valence-corrected chi connectivity index (χ0v) is 11.3. The van der Waals surface area contributed by atoms with Gasteiger partial charge in [0.15, 0.2) is 0 Å². The average Bonchev–Trinajstić information content (AvgIpc) is 2.77. The van der Waals surface area contributed by atoms with Gasteiger partial charge in [-0.05, 0) is 42.3 Å². The van der Waals surface area contributed by atoms with Crippen molar-refractivity contribution in [2.24, 2.45) is 5.73 Å². The van der Waals surface area contributed by atoms with Crippen molar-refractivity contribution in [2.75, 3.05) is 0 Å². The Balaban J connectivity index is 2.14. The van der Waals surface area contributed by atoms with Gasteiger partial charge in [-0.25, -0.2) is 0 Å². The number of benzene rings is 1. The summed E-state index contributed by atoms with van der Waals surface area (Å²) in [6.07, 6.45) is 2.00. The zero-order valence-electron chi connectivity index (χ0n) is 10.4. The van der Waals surface area contributed by atoms with Gasteiger partial charge in [-0.1, -0.05) is 36.8 Å². The number of aryl methyl sites for hydroxylation is 2. The van der Waals surface area contributed by atoms with Crippen LogP contribution in [0.2, 0.25) is 0 Å². The average molecular weight is 245 g/mol. The number of hydrogen-bond donors (Lipinski definition) is 1. The largest absolute Gasteiger partial charge is 0.323 e. The zero-order chi connectivity index (χ0) is 12.3. The quantitative estimate of drug-likeness (QED) is 0.869. The molecule has 90 valence electrons. The summed E-state index contributed by atoms with van der Waals surface area (Å²) in [6, 6.07) is 10.9. The molecule has 1 aromatic carbocycles. The highest BCUT2D eigenvalue weighted by Gasteiger charge is 2.12. The molecule has 0 saturated carbocycles. The standard InChI is InChI=1S/C15H19NS/c1-3-13-7-8-17-15(13)14(16)10-12-6-4-5-11(2)9-12/h4-9,14H,3,10,16H2,1-2H3. The van der Waals surface area contributed by atoms with Crippen molar-refractivity contribution in [1.29, 1.82) is 0 Å². The van der Waals surface area contributed by atoms with Crippen LogP contribution in [0.4, 0.5) is 0 Å². The van der Waals surface area contributed by atoms with Crippen molar-refractivity contribution >= 4 is 11.3 Å². The number of hydrogen-bond acceptors (Lipinski definition) is 2. The molecule has 1 heterocycles. The maximum Gasteiger partial charge on any atom is 0.0433 e. The molecule has 2 aromatic rings. The monoisotopic (exact) mass is 245 g/mol. The Labute approximate surface area is 107 Å². The number of thiophene rings is 1. The molecule has 1 unspecified atom stereocenters. The van der Waals surface area contributed by atoms with Crippen LogP contribution in [0.15, 0.2) is 35.7 Å². The van der Waals surface area contributed by atoms with Crippen LogP contribution in [0.3, 0.4) is 0 Å². The van der Waals surface area contributed by atoms with Gasteiger partial charge in [-0.2, -0.15) is 0 Å². The maximum atomic E-state index is 6.31. The van der Waals surface area contributed by atoms with Crippen LogP contribution in [-0.4, -0.2) is 0 Å². The van der Waals surface area contributed by atoms with Crippen molar-refractivity contribution in [3.05, 3.63) is 57.3 Å². The Hall–Kier alpha value is -1.12. The maximum absolute atomic E-state index is 6.31. The third kappa shape index (κ3) is 2.96. The molecule has 1 nitrogen and oxygen atoms in total. The molecule has 2 rings (SSSR count). The lowest BCUT2D eigenvalue weighted by molar-refractivity contribution is 0.727. The van der Waals surface area contributed by atoms with E-state index in [1.807, 2.05) is 0 Å². The lowest BCUT2D eigenvalue weighted by atomic mass is 10.0. The van der Waals surface area contributed by atoms with Gasteiger partial charge in [-0.3, -0.25) is 0 Å². The minimum Gasteiger partial charge on any atom is -0.323 e. The van der Waals surface area contributed by atoms with Crippen LogP contribution in [0.25, 0.3) is 0 Å². The SMILES string of the molecule is CCc1ccsc1C(N)Cc1cccc(C)c1. The van der Waals surface area contributed by atoms with E-state index in [-0.39, 0.29) is 6.04 Å². The van der Waals surface area contributed by atoms with E-state index in [9.17, 15) is 0 Å². The second-order valence-electron chi connectivity index (χ2n) is 4.46. The molecule has 2 heteroatoms. The van der Waals surface area contributed by atoms with Gasteiger partial charge in [0.25, 0.3) is 0 Å². The van der Waals surface area contributed by atoms with Gasteiger partial charge < -0.3 is 5.73 Å². The van der Waals surface area contributed by atoms with Gasteiger partial charge in [0.05, 0.1) is 0 Å². The van der Waals surface area contributed by atoms with Crippen molar-refractivity contribution < 1.29 is 0 Å². The highest BCUT2D eigenvalue weighted by molar-refractivity contribution is 7.10. The van der Waals surface area contributed by atoms with E-state index in [4.69, 9.17) is 5.73 Å². The predicted octanol–water partition coefficient (Wildman–Crippen LogP) is 3.86. The molecule has 0 fully saturated rings. The van der Waals surface area contributed by atoms with Gasteiger partial charge in [-0.15, -0.1) is 11.3 Å². The Morgan fingerprint density at radius 2 is 2.12 bits per heavy atom. The summed E-state index contributed by atoms with van der Waals surface area (Å²) < 4.78 is 0. The molecule has 0 saturated heterocycles. The van der Waals surface area contributed by atoms with Crippen molar-refractivity contribution in [3.8, 4) is 0 Å². The van der Waals surface area contributed by atoms with Crippen LogP contribution >= 0.6 is 11.3 Å². The predicted molar refractivity (Wildman–Crippen MR) is 75.5 cm³/mol. The van der Waals surface area contributed by atoms with Crippen LogP contribution in [0.1, 0.15) is 34.5 Å². The number of rotatable bonds is 4. The van der Waals surface area contributed by atoms with Gasteiger partial charge in [0, 0.05) is 10.9 Å². The summed E-state index contributed by atoms with van der Waals surface area (Å²) in [6.45, 7) is 4.31. The molecule has 0 amide bonds. The molecule has 0 aliphatic rings. The Bertz CT molecular complexity index is 487. The molecule has 0 bridgehead atoms. The van der Waals surface area contributed by atoms with E-state index in [1.165, 1.54) is 21.6 Å². The number of nitrogens with two attached hydrogens (primary N) is 1. The smallest absolute Gasteiger partial charge is 0.0433 e. The van der Waals surface area contributed by atoms with Crippen molar-refractivity contribution in [3.63, 3.8) is 0 Å². The highest BCUT2D eigenvalue weighted by atomic mass is 32.1. The van der Waals surface area contributed by atoms with Gasteiger partial charge in [0.1, 0.15) is 0 Å². The van der Waals surface area contributed by atoms with Gasteiger partial charge in [0.2, 0.25) is 0 Å². The first-order valence-corrected chi connectivity index (χ1v) is 6.96. The summed E-state index contributed by atoms with van der Waals surface area (Å²) in [5.74, 6) is 0. The Morgan fingerprint density at radius 1 is 1.29 bits per heavy atom. The second kappa shape index (κ2) is 5.48. The normalized spacial score (nSPS) is 12.6. The first-order chi connectivity index (χ1) is 8.20. The molecular weight excluding hydrogens is 226 g/mol. The van der Waals surface area contributed by atoms with E-state index in [2.05, 4.69) is 49.6 Å². The fraction of sp³-hybridized carbons (Fsp3) is 0.333. The third-order valence-corrected chi connectivity index (χ3v) is 4.13. The molecule has 0 radical (unpaired) electrons. The Morgan fingerprint density at radius 3 is 2.82 bits per heavy atom. The molecular formula is C15H19NS. The first-order valence-electron chi connectivity index (χ1n) is 6.08. The summed E-state index contributed by atoms with van der Waals surface area (Å²) in [5.41, 5.74) is 10.3. The molecule has 0 aliphatic carbocycles. The summed E-state index contributed by atoms with van der Waals surface area (Å²) in [4.78, 5) is 1.34. The third-order valence-electron chi connectivity index (χ3n) is 3.04. The highest BCUT2D eigenvalue weighted by Crippen LogP contribution is 2.26. The Kier molecular flexibility index (Phi) is 3.97. The lowest BCUT2D eigenvalue weighted by Crippen LogP contribution is -2.13. The van der Waals surface area contributed by atoms with Crippen LogP contribution in [0.5, 0.6) is 0 Å². The first kappa shape index (κ1) is 12.3. The van der Waals surface area contributed by atoms with E-state index in [1.54, 1.807) is 11.3 Å². The summed E-state index contributed by atoms with van der Waals surface area (Å²) in [5, 5.41) is 2.14. The molecule has 1 atom stereocenters. The molecule has 1 aromatic heterocycles. The van der Waals surface area contributed by atoms with Crippen molar-refractivity contribution in [1.82, 2.24) is 0 Å². The molecule has 0 spiro atoms. The molecule has 17 heavy (non-hydrogen) atoms. The fourth-order valence-corrected chi connectivity index (χ4v) is 3.15. The van der Waals surface area contributed by atoms with Crippen molar-refractivity contribution in [2.45, 2.75) is 32.7 Å². The topological polar surface area (TPSA) is 26.0 Å². The summed E-state index contributed by atoms with van der Waals surface area (Å²) in [7, 11) is 0. The minimum atomic E-state index is 0.131. The van der Waals surface area contributed by atoms with Crippen LogP contribution < -0.4 is 5.73 Å².